The lowest BCUT2D eigenvalue weighted by Crippen LogP contribution is -2.38. The summed E-state index contributed by atoms with van der Waals surface area (Å²) in [6.45, 7) is 7.21. The summed E-state index contributed by atoms with van der Waals surface area (Å²) in [5.74, 6) is 1.88. The molecule has 24 heavy (non-hydrogen) atoms. The third-order valence-corrected chi connectivity index (χ3v) is 3.90. The molecule has 130 valence electrons. The highest BCUT2D eigenvalue weighted by Crippen LogP contribution is 2.11. The van der Waals surface area contributed by atoms with Gasteiger partial charge < -0.3 is 14.8 Å². The molecule has 0 amide bonds. The van der Waals surface area contributed by atoms with E-state index in [0.29, 0.717) is 6.54 Å². The molecule has 1 aromatic heterocycles. The fourth-order valence-electron chi connectivity index (χ4n) is 2.41. The van der Waals surface area contributed by atoms with E-state index in [2.05, 4.69) is 34.3 Å². The monoisotopic (exact) mass is 348 g/mol. The topological polar surface area (TPSA) is 58.3 Å². The SMILES string of the molecule is CCNC(=NCCn1cnnc1CC)N(C)Cc1ccc(Cl)cc1. The maximum absolute atomic E-state index is 5.94. The van der Waals surface area contributed by atoms with Crippen LogP contribution in [0.25, 0.3) is 0 Å². The number of benzene rings is 1. The molecule has 2 rings (SSSR count). The largest absolute Gasteiger partial charge is 0.357 e. The van der Waals surface area contributed by atoms with E-state index in [1.807, 2.05) is 35.9 Å². The number of guanidine groups is 1. The fourth-order valence-corrected chi connectivity index (χ4v) is 2.54. The van der Waals surface area contributed by atoms with Crippen LogP contribution in [0, 0.1) is 0 Å². The van der Waals surface area contributed by atoms with Crippen LogP contribution in [0.1, 0.15) is 25.2 Å². The molecule has 1 N–H and O–H groups in total. The first-order chi connectivity index (χ1) is 11.6. The first-order valence-corrected chi connectivity index (χ1v) is 8.62. The third-order valence-electron chi connectivity index (χ3n) is 3.64. The maximum Gasteiger partial charge on any atom is 0.194 e. The predicted octanol–water partition coefficient (Wildman–Crippen LogP) is 2.59. The van der Waals surface area contributed by atoms with Crippen molar-refractivity contribution in [3.05, 3.63) is 47.0 Å². The molecule has 7 heteroatoms. The fraction of sp³-hybridized carbons (Fsp3) is 0.471. The number of rotatable bonds is 7. The smallest absolute Gasteiger partial charge is 0.194 e. The second-order valence-electron chi connectivity index (χ2n) is 5.51. The van der Waals surface area contributed by atoms with Gasteiger partial charge in [-0.3, -0.25) is 4.99 Å². The van der Waals surface area contributed by atoms with Crippen molar-refractivity contribution in [1.29, 1.82) is 0 Å². The van der Waals surface area contributed by atoms with E-state index in [1.165, 1.54) is 5.56 Å². The van der Waals surface area contributed by atoms with Crippen molar-refractivity contribution in [3.63, 3.8) is 0 Å². The van der Waals surface area contributed by atoms with Crippen molar-refractivity contribution in [2.24, 2.45) is 4.99 Å². The minimum atomic E-state index is 0.679. The Labute approximate surface area is 148 Å². The summed E-state index contributed by atoms with van der Waals surface area (Å²) in [5, 5.41) is 12.1. The maximum atomic E-state index is 5.94. The molecule has 0 unspecified atom stereocenters. The van der Waals surface area contributed by atoms with Gasteiger partial charge in [-0.05, 0) is 24.6 Å². The Morgan fingerprint density at radius 1 is 1.29 bits per heavy atom. The van der Waals surface area contributed by atoms with Crippen molar-refractivity contribution in [3.8, 4) is 0 Å². The molecule has 1 heterocycles. The molecular formula is C17H25ClN6. The molecule has 0 radical (unpaired) electrons. The summed E-state index contributed by atoms with van der Waals surface area (Å²) in [6.07, 6.45) is 2.64. The van der Waals surface area contributed by atoms with Crippen molar-refractivity contribution in [2.45, 2.75) is 33.4 Å². The summed E-state index contributed by atoms with van der Waals surface area (Å²) in [5.41, 5.74) is 1.19. The second kappa shape index (κ2) is 9.27. The highest BCUT2D eigenvalue weighted by Gasteiger charge is 2.07. The lowest BCUT2D eigenvalue weighted by atomic mass is 10.2. The minimum Gasteiger partial charge on any atom is -0.357 e. The van der Waals surface area contributed by atoms with Crippen LogP contribution in [-0.2, 0) is 19.5 Å². The molecule has 0 saturated heterocycles. The van der Waals surface area contributed by atoms with Gasteiger partial charge in [-0.15, -0.1) is 10.2 Å². The normalized spacial score (nSPS) is 11.6. The molecule has 0 bridgehead atoms. The van der Waals surface area contributed by atoms with E-state index in [4.69, 9.17) is 16.6 Å². The van der Waals surface area contributed by atoms with Gasteiger partial charge in [0.1, 0.15) is 12.2 Å². The van der Waals surface area contributed by atoms with Crippen LogP contribution < -0.4 is 5.32 Å². The Bertz CT molecular complexity index is 649. The number of nitrogens with zero attached hydrogens (tertiary/aromatic N) is 5. The molecule has 0 aliphatic rings. The highest BCUT2D eigenvalue weighted by molar-refractivity contribution is 6.30. The van der Waals surface area contributed by atoms with Crippen LogP contribution in [0.4, 0.5) is 0 Å². The van der Waals surface area contributed by atoms with Crippen molar-refractivity contribution >= 4 is 17.6 Å². The molecule has 1 aromatic carbocycles. The van der Waals surface area contributed by atoms with Gasteiger partial charge in [-0.25, -0.2) is 0 Å². The summed E-state index contributed by atoms with van der Waals surface area (Å²) < 4.78 is 2.05. The lowest BCUT2D eigenvalue weighted by Gasteiger charge is -2.22. The van der Waals surface area contributed by atoms with Gasteiger partial charge in [0.2, 0.25) is 0 Å². The van der Waals surface area contributed by atoms with Crippen molar-refractivity contribution in [2.75, 3.05) is 20.1 Å². The van der Waals surface area contributed by atoms with Crippen LogP contribution in [0.3, 0.4) is 0 Å². The van der Waals surface area contributed by atoms with Gasteiger partial charge in [-0.1, -0.05) is 30.7 Å². The van der Waals surface area contributed by atoms with Crippen molar-refractivity contribution < 1.29 is 0 Å². The Hall–Kier alpha value is -2.08. The van der Waals surface area contributed by atoms with E-state index in [0.717, 1.165) is 42.9 Å². The van der Waals surface area contributed by atoms with Gasteiger partial charge in [-0.2, -0.15) is 0 Å². The molecule has 0 fully saturated rings. The summed E-state index contributed by atoms with van der Waals surface area (Å²) >= 11 is 5.94. The minimum absolute atomic E-state index is 0.679. The Morgan fingerprint density at radius 2 is 2.04 bits per heavy atom. The van der Waals surface area contributed by atoms with Crippen LogP contribution in [-0.4, -0.2) is 45.8 Å². The van der Waals surface area contributed by atoms with E-state index in [9.17, 15) is 0 Å². The van der Waals surface area contributed by atoms with Crippen LogP contribution in [0.5, 0.6) is 0 Å². The molecule has 0 atom stereocenters. The molecule has 2 aromatic rings. The van der Waals surface area contributed by atoms with Gasteiger partial charge >= 0.3 is 0 Å². The van der Waals surface area contributed by atoms with Gasteiger partial charge in [0, 0.05) is 38.1 Å². The van der Waals surface area contributed by atoms with Gasteiger partial charge in [0.15, 0.2) is 5.96 Å². The van der Waals surface area contributed by atoms with Gasteiger partial charge in [0.25, 0.3) is 0 Å². The lowest BCUT2D eigenvalue weighted by molar-refractivity contribution is 0.475. The average Bonchev–Trinajstić information content (AvgIpc) is 3.03. The average molecular weight is 349 g/mol. The number of nitrogens with one attached hydrogen (secondary N) is 1. The third kappa shape index (κ3) is 5.23. The van der Waals surface area contributed by atoms with Gasteiger partial charge in [0.05, 0.1) is 6.54 Å². The summed E-state index contributed by atoms with van der Waals surface area (Å²) in [6, 6.07) is 7.89. The number of aromatic nitrogens is 3. The van der Waals surface area contributed by atoms with E-state index in [1.54, 1.807) is 6.33 Å². The number of aliphatic imine (C=N–C) groups is 1. The second-order valence-corrected chi connectivity index (χ2v) is 5.95. The Balaban J connectivity index is 1.97. The number of hydrogen-bond donors (Lipinski definition) is 1. The zero-order chi connectivity index (χ0) is 17.4. The molecule has 0 aliphatic heterocycles. The van der Waals surface area contributed by atoms with E-state index < -0.39 is 0 Å². The first-order valence-electron chi connectivity index (χ1n) is 8.24. The molecule has 0 aliphatic carbocycles. The molecule has 6 nitrogen and oxygen atoms in total. The van der Waals surface area contributed by atoms with E-state index >= 15 is 0 Å². The summed E-state index contributed by atoms with van der Waals surface area (Å²) in [7, 11) is 2.03. The highest BCUT2D eigenvalue weighted by atomic mass is 35.5. The standard InChI is InChI=1S/C17H25ClN6/c1-4-16-22-21-13-24(16)11-10-20-17(19-5-2)23(3)12-14-6-8-15(18)9-7-14/h6-9,13H,4-5,10-12H2,1-3H3,(H,19,20). The van der Waals surface area contributed by atoms with Crippen LogP contribution >= 0.6 is 11.6 Å². The zero-order valence-electron chi connectivity index (χ0n) is 14.5. The molecular weight excluding hydrogens is 324 g/mol. The van der Waals surface area contributed by atoms with Crippen LogP contribution in [0.15, 0.2) is 35.6 Å². The Morgan fingerprint density at radius 3 is 2.71 bits per heavy atom. The Kier molecular flexibility index (Phi) is 7.06. The summed E-state index contributed by atoms with van der Waals surface area (Å²) in [4.78, 5) is 6.82. The quantitative estimate of drug-likeness (QED) is 0.617. The zero-order valence-corrected chi connectivity index (χ0v) is 15.3. The van der Waals surface area contributed by atoms with E-state index in [-0.39, 0.29) is 0 Å². The molecule has 0 saturated carbocycles. The first kappa shape index (κ1) is 18.3. The molecule has 0 spiro atoms. The predicted molar refractivity (Wildman–Crippen MR) is 98.3 cm³/mol. The number of halogens is 1. The van der Waals surface area contributed by atoms with Crippen LogP contribution in [0.2, 0.25) is 5.02 Å². The van der Waals surface area contributed by atoms with Crippen molar-refractivity contribution in [1.82, 2.24) is 25.0 Å². The number of aryl methyl sites for hydroxylation is 1. The number of hydrogen-bond acceptors (Lipinski definition) is 3.